The minimum atomic E-state index is -0.125. The van der Waals surface area contributed by atoms with E-state index in [0.717, 1.165) is 12.8 Å². The molecule has 7 heteroatoms. The molecule has 0 N–H and O–H groups in total. The van der Waals surface area contributed by atoms with Gasteiger partial charge in [0.05, 0.1) is 10.0 Å². The molecule has 1 saturated carbocycles. The SMILES string of the molecule is O=C(COc1c(Cl)cccc1Cl)N1CCN(C(=O)C2CC2)CC1. The van der Waals surface area contributed by atoms with E-state index in [2.05, 4.69) is 0 Å². The maximum absolute atomic E-state index is 12.2. The fourth-order valence-corrected chi connectivity index (χ4v) is 3.12. The standard InChI is InChI=1S/C16H18Cl2N2O3/c17-12-2-1-3-13(18)15(12)23-10-14(21)19-6-8-20(9-7-19)16(22)11-4-5-11/h1-3,11H,4-10H2. The van der Waals surface area contributed by atoms with Crippen LogP contribution in [-0.4, -0.2) is 54.4 Å². The van der Waals surface area contributed by atoms with Gasteiger partial charge in [0.2, 0.25) is 5.91 Å². The lowest BCUT2D eigenvalue weighted by Gasteiger charge is -2.34. The van der Waals surface area contributed by atoms with Crippen molar-refractivity contribution < 1.29 is 14.3 Å². The molecule has 2 amide bonds. The molecule has 1 aliphatic carbocycles. The number of halogens is 2. The van der Waals surface area contributed by atoms with Gasteiger partial charge in [-0.25, -0.2) is 0 Å². The van der Waals surface area contributed by atoms with E-state index in [9.17, 15) is 9.59 Å². The number of rotatable bonds is 4. The van der Waals surface area contributed by atoms with E-state index in [4.69, 9.17) is 27.9 Å². The van der Waals surface area contributed by atoms with Gasteiger partial charge in [-0.1, -0.05) is 29.3 Å². The van der Waals surface area contributed by atoms with E-state index in [-0.39, 0.29) is 24.3 Å². The molecule has 2 fully saturated rings. The highest BCUT2D eigenvalue weighted by molar-refractivity contribution is 6.37. The molecule has 23 heavy (non-hydrogen) atoms. The third kappa shape index (κ3) is 3.90. The zero-order valence-electron chi connectivity index (χ0n) is 12.6. The number of nitrogens with zero attached hydrogens (tertiary/aromatic N) is 2. The first kappa shape index (κ1) is 16.4. The maximum atomic E-state index is 12.2. The Kier molecular flexibility index (Phi) is 4.97. The van der Waals surface area contributed by atoms with E-state index in [1.807, 2.05) is 4.90 Å². The van der Waals surface area contributed by atoms with Crippen LogP contribution < -0.4 is 4.74 Å². The summed E-state index contributed by atoms with van der Waals surface area (Å²) in [6, 6.07) is 5.04. The summed E-state index contributed by atoms with van der Waals surface area (Å²) in [7, 11) is 0. The van der Waals surface area contributed by atoms with Crippen LogP contribution >= 0.6 is 23.2 Å². The largest absolute Gasteiger partial charge is 0.481 e. The van der Waals surface area contributed by atoms with Crippen LogP contribution in [0.1, 0.15) is 12.8 Å². The Morgan fingerprint density at radius 3 is 2.17 bits per heavy atom. The van der Waals surface area contributed by atoms with Crippen LogP contribution in [-0.2, 0) is 9.59 Å². The first-order valence-electron chi connectivity index (χ1n) is 7.69. The Morgan fingerprint density at radius 1 is 1.04 bits per heavy atom. The summed E-state index contributed by atoms with van der Waals surface area (Å²) in [5.74, 6) is 0.658. The van der Waals surface area contributed by atoms with E-state index in [0.29, 0.717) is 42.0 Å². The van der Waals surface area contributed by atoms with Gasteiger partial charge in [-0.2, -0.15) is 0 Å². The smallest absolute Gasteiger partial charge is 0.260 e. The molecule has 0 radical (unpaired) electrons. The second-order valence-corrected chi connectivity index (χ2v) is 6.63. The van der Waals surface area contributed by atoms with Crippen LogP contribution in [0.25, 0.3) is 0 Å². The summed E-state index contributed by atoms with van der Waals surface area (Å²) in [6.45, 7) is 2.15. The second-order valence-electron chi connectivity index (χ2n) is 5.82. The lowest BCUT2D eigenvalue weighted by molar-refractivity contribution is -0.141. The van der Waals surface area contributed by atoms with Crippen molar-refractivity contribution in [1.29, 1.82) is 0 Å². The zero-order chi connectivity index (χ0) is 16.4. The Hall–Kier alpha value is -1.46. The van der Waals surface area contributed by atoms with E-state index >= 15 is 0 Å². The lowest BCUT2D eigenvalue weighted by Crippen LogP contribution is -2.52. The molecule has 1 aromatic rings. The highest BCUT2D eigenvalue weighted by Gasteiger charge is 2.35. The molecule has 0 atom stereocenters. The van der Waals surface area contributed by atoms with Gasteiger partial charge < -0.3 is 14.5 Å². The summed E-state index contributed by atoms with van der Waals surface area (Å²) in [5.41, 5.74) is 0. The van der Waals surface area contributed by atoms with Crippen molar-refractivity contribution in [2.24, 2.45) is 5.92 Å². The number of amides is 2. The molecule has 124 valence electrons. The molecule has 3 rings (SSSR count). The molecule has 1 aromatic carbocycles. The van der Waals surface area contributed by atoms with E-state index in [1.54, 1.807) is 23.1 Å². The summed E-state index contributed by atoms with van der Waals surface area (Å²) in [4.78, 5) is 27.8. The molecular weight excluding hydrogens is 339 g/mol. The van der Waals surface area contributed by atoms with Crippen LogP contribution in [0.5, 0.6) is 5.75 Å². The predicted molar refractivity (Wildman–Crippen MR) is 87.8 cm³/mol. The van der Waals surface area contributed by atoms with Crippen molar-refractivity contribution in [1.82, 2.24) is 9.80 Å². The summed E-state index contributed by atoms with van der Waals surface area (Å²) < 4.78 is 5.47. The average molecular weight is 357 g/mol. The Morgan fingerprint density at radius 2 is 1.61 bits per heavy atom. The van der Waals surface area contributed by atoms with Gasteiger partial charge in [-0.3, -0.25) is 9.59 Å². The summed E-state index contributed by atoms with van der Waals surface area (Å²) in [5, 5.41) is 0.760. The Labute approximate surface area is 145 Å². The van der Waals surface area contributed by atoms with Gasteiger partial charge in [0.15, 0.2) is 12.4 Å². The zero-order valence-corrected chi connectivity index (χ0v) is 14.1. The van der Waals surface area contributed by atoms with Crippen LogP contribution in [0.3, 0.4) is 0 Å². The second kappa shape index (κ2) is 6.97. The van der Waals surface area contributed by atoms with Gasteiger partial charge in [-0.05, 0) is 25.0 Å². The van der Waals surface area contributed by atoms with Gasteiger partial charge in [0, 0.05) is 32.1 Å². The molecular formula is C16H18Cl2N2O3. The number of hydrogen-bond donors (Lipinski definition) is 0. The third-order valence-corrected chi connectivity index (χ3v) is 4.72. The maximum Gasteiger partial charge on any atom is 0.260 e. The molecule has 0 unspecified atom stereocenters. The van der Waals surface area contributed by atoms with Crippen molar-refractivity contribution in [2.45, 2.75) is 12.8 Å². The van der Waals surface area contributed by atoms with Crippen LogP contribution in [0.4, 0.5) is 0 Å². The van der Waals surface area contributed by atoms with Gasteiger partial charge in [0.25, 0.3) is 5.91 Å². The van der Waals surface area contributed by atoms with E-state index in [1.165, 1.54) is 0 Å². The van der Waals surface area contributed by atoms with Crippen molar-refractivity contribution in [3.8, 4) is 5.75 Å². The number of para-hydroxylation sites is 1. The van der Waals surface area contributed by atoms with Crippen molar-refractivity contribution in [2.75, 3.05) is 32.8 Å². The van der Waals surface area contributed by atoms with Crippen LogP contribution in [0, 0.1) is 5.92 Å². The first-order valence-corrected chi connectivity index (χ1v) is 8.45. The number of benzene rings is 1. The van der Waals surface area contributed by atoms with Crippen molar-refractivity contribution in [3.05, 3.63) is 28.2 Å². The van der Waals surface area contributed by atoms with Gasteiger partial charge in [-0.15, -0.1) is 0 Å². The average Bonchev–Trinajstić information content (AvgIpc) is 3.38. The van der Waals surface area contributed by atoms with Crippen LogP contribution in [0.2, 0.25) is 10.0 Å². The van der Waals surface area contributed by atoms with Gasteiger partial charge >= 0.3 is 0 Å². The molecule has 1 aliphatic heterocycles. The summed E-state index contributed by atoms with van der Waals surface area (Å²) in [6.07, 6.45) is 2.01. The first-order chi connectivity index (χ1) is 11.1. The number of ether oxygens (including phenoxy) is 1. The van der Waals surface area contributed by atoms with Gasteiger partial charge in [0.1, 0.15) is 0 Å². The minimum absolute atomic E-state index is 0.111. The normalized spacial score (nSPS) is 18.0. The Balaban J connectivity index is 1.49. The van der Waals surface area contributed by atoms with Crippen LogP contribution in [0.15, 0.2) is 18.2 Å². The minimum Gasteiger partial charge on any atom is -0.481 e. The highest BCUT2D eigenvalue weighted by Crippen LogP contribution is 2.32. The summed E-state index contributed by atoms with van der Waals surface area (Å²) >= 11 is 12.0. The molecule has 5 nitrogen and oxygen atoms in total. The number of piperazine rings is 1. The lowest BCUT2D eigenvalue weighted by atomic mass is 10.2. The fraction of sp³-hybridized carbons (Fsp3) is 0.500. The predicted octanol–water partition coefficient (Wildman–Crippen LogP) is 2.45. The monoisotopic (exact) mass is 356 g/mol. The molecule has 0 bridgehead atoms. The molecule has 1 heterocycles. The van der Waals surface area contributed by atoms with Crippen molar-refractivity contribution >= 4 is 35.0 Å². The third-order valence-electron chi connectivity index (χ3n) is 4.13. The van der Waals surface area contributed by atoms with E-state index < -0.39 is 0 Å². The molecule has 0 aromatic heterocycles. The quantitative estimate of drug-likeness (QED) is 0.832. The topological polar surface area (TPSA) is 49.9 Å². The molecule has 1 saturated heterocycles. The fourth-order valence-electron chi connectivity index (χ4n) is 2.61. The van der Waals surface area contributed by atoms with Crippen molar-refractivity contribution in [3.63, 3.8) is 0 Å². The Bertz CT molecular complexity index is 591. The number of carbonyl (C=O) groups excluding carboxylic acids is 2. The number of carbonyl (C=O) groups is 2. The molecule has 0 spiro atoms. The highest BCUT2D eigenvalue weighted by atomic mass is 35.5. The number of hydrogen-bond acceptors (Lipinski definition) is 3. The molecule has 2 aliphatic rings.